The van der Waals surface area contributed by atoms with Gasteiger partial charge in [0.25, 0.3) is 0 Å². The van der Waals surface area contributed by atoms with Gasteiger partial charge >= 0.3 is 0 Å². The van der Waals surface area contributed by atoms with E-state index in [-0.39, 0.29) is 11.9 Å². The maximum absolute atomic E-state index is 13.6. The summed E-state index contributed by atoms with van der Waals surface area (Å²) in [6.45, 7) is 3.41. The van der Waals surface area contributed by atoms with Crippen molar-refractivity contribution in [3.63, 3.8) is 0 Å². The fourth-order valence-electron chi connectivity index (χ4n) is 5.21. The van der Waals surface area contributed by atoms with E-state index in [4.69, 9.17) is 4.74 Å². The van der Waals surface area contributed by atoms with Crippen molar-refractivity contribution in [2.24, 2.45) is 5.92 Å². The van der Waals surface area contributed by atoms with Crippen LogP contribution in [-0.4, -0.2) is 65.6 Å². The lowest BCUT2D eigenvalue weighted by Crippen LogP contribution is -2.52. The van der Waals surface area contributed by atoms with Gasteiger partial charge in [-0.15, -0.1) is 5.10 Å². The Bertz CT molecular complexity index is 911. The van der Waals surface area contributed by atoms with E-state index in [9.17, 15) is 8.78 Å². The summed E-state index contributed by atoms with van der Waals surface area (Å²) >= 11 is 1.55. The summed E-state index contributed by atoms with van der Waals surface area (Å²) in [5.41, 5.74) is 1.10. The molecule has 2 atom stereocenters. The molecule has 1 aliphatic carbocycles. The molecule has 0 spiro atoms. The lowest BCUT2D eigenvalue weighted by Gasteiger charge is -2.41. The monoisotopic (exact) mass is 489 g/mol. The quantitative estimate of drug-likeness (QED) is 0.553. The molecule has 34 heavy (non-hydrogen) atoms. The lowest BCUT2D eigenvalue weighted by molar-refractivity contribution is -0.00212. The Kier molecular flexibility index (Phi) is 7.94. The fourth-order valence-corrected chi connectivity index (χ4v) is 6.28. The highest BCUT2D eigenvalue weighted by Crippen LogP contribution is 2.35. The van der Waals surface area contributed by atoms with Gasteiger partial charge in [-0.25, -0.2) is 17.8 Å². The van der Waals surface area contributed by atoms with Crippen LogP contribution in [-0.2, 0) is 4.74 Å². The summed E-state index contributed by atoms with van der Waals surface area (Å²) in [5, 5.41) is 8.33. The van der Waals surface area contributed by atoms with E-state index >= 15 is 0 Å². The molecule has 2 unspecified atom stereocenters. The Morgan fingerprint density at radius 2 is 1.91 bits per heavy atom. The van der Waals surface area contributed by atoms with E-state index < -0.39 is 6.17 Å². The molecule has 5 rings (SSSR count). The fraction of sp³-hybridized carbons (Fsp3) is 0.600. The minimum atomic E-state index is -0.700. The van der Waals surface area contributed by atoms with Crippen LogP contribution in [0.25, 0.3) is 0 Å². The summed E-state index contributed by atoms with van der Waals surface area (Å²) < 4.78 is 38.9. The second-order valence-corrected chi connectivity index (χ2v) is 10.6. The molecule has 1 saturated carbocycles. The van der Waals surface area contributed by atoms with Gasteiger partial charge in [-0.2, -0.15) is 5.10 Å². The molecule has 3 heterocycles. The molecular formula is C25H33F2N5OS. The summed E-state index contributed by atoms with van der Waals surface area (Å²) in [6, 6.07) is 11.2. The van der Waals surface area contributed by atoms with Crippen molar-refractivity contribution < 1.29 is 13.5 Å². The molecule has 3 fully saturated rings. The number of aromatic nitrogens is 2. The van der Waals surface area contributed by atoms with E-state index in [0.29, 0.717) is 37.6 Å². The third-order valence-electron chi connectivity index (χ3n) is 7.29. The number of nitrogens with one attached hydrogen (secondary N) is 1. The molecule has 0 bridgehead atoms. The molecule has 9 heteroatoms. The van der Waals surface area contributed by atoms with Crippen LogP contribution in [0, 0.1) is 11.7 Å². The van der Waals surface area contributed by atoms with Crippen LogP contribution in [0.2, 0.25) is 0 Å². The maximum atomic E-state index is 13.6. The van der Waals surface area contributed by atoms with Gasteiger partial charge in [-0.3, -0.25) is 0 Å². The summed E-state index contributed by atoms with van der Waals surface area (Å²) in [4.78, 5) is 2.28. The van der Waals surface area contributed by atoms with Crippen molar-refractivity contribution in [3.05, 3.63) is 54.0 Å². The van der Waals surface area contributed by atoms with Gasteiger partial charge in [0, 0.05) is 56.5 Å². The van der Waals surface area contributed by atoms with Crippen molar-refractivity contribution in [3.8, 4) is 0 Å². The molecule has 6 nitrogen and oxygen atoms in total. The topological polar surface area (TPSA) is 53.5 Å². The minimum absolute atomic E-state index is 0.155. The average molecular weight is 490 g/mol. The first-order chi connectivity index (χ1) is 16.6. The third kappa shape index (κ3) is 6.05. The Morgan fingerprint density at radius 1 is 1.06 bits per heavy atom. The highest BCUT2D eigenvalue weighted by molar-refractivity contribution is 7.95. The Balaban J connectivity index is 1.15. The molecule has 2 aliphatic heterocycles. The Labute approximate surface area is 204 Å². The van der Waals surface area contributed by atoms with Gasteiger partial charge in [-0.05, 0) is 67.9 Å². The number of ether oxygens (including phenoxy) is 1. The summed E-state index contributed by atoms with van der Waals surface area (Å²) in [5.74, 6) is 1.46. The lowest BCUT2D eigenvalue weighted by atomic mass is 9.82. The molecule has 2 saturated heterocycles. The van der Waals surface area contributed by atoms with Gasteiger partial charge in [-0.1, -0.05) is 12.1 Å². The van der Waals surface area contributed by atoms with Gasteiger partial charge in [0.15, 0.2) is 5.82 Å². The number of hydrogen-bond donors (Lipinski definition) is 1. The number of piperidine rings is 1. The summed E-state index contributed by atoms with van der Waals surface area (Å²) in [6.07, 6.45) is 6.27. The van der Waals surface area contributed by atoms with Gasteiger partial charge in [0.05, 0.1) is 12.7 Å². The number of nitrogens with zero attached hydrogens (tertiary/aromatic N) is 4. The SMILES string of the molecule is Fc1cccc(C2CCC(OCC3CN(c4cccnn4)CCC3NSN3CC(F)C3)CC2)c1. The predicted octanol–water partition coefficient (Wildman–Crippen LogP) is 4.36. The van der Waals surface area contributed by atoms with E-state index in [1.807, 2.05) is 22.5 Å². The van der Waals surface area contributed by atoms with Crippen molar-refractivity contribution in [2.75, 3.05) is 37.7 Å². The van der Waals surface area contributed by atoms with Crippen LogP contribution in [0.3, 0.4) is 0 Å². The number of hydrogen-bond acceptors (Lipinski definition) is 7. The van der Waals surface area contributed by atoms with E-state index in [2.05, 4.69) is 19.8 Å². The zero-order chi connectivity index (χ0) is 23.3. The standard InChI is InChI=1S/C25H33F2N5OS/c26-21-4-1-3-19(13-21)18-6-8-23(9-7-18)33-17-20-14-31(25-5-2-11-28-29-25)12-10-24(20)30-34-32-15-22(27)16-32/h1-5,11,13,18,20,22-24,30H,6-10,12,14-17H2. The van der Waals surface area contributed by atoms with Gasteiger partial charge in [0.2, 0.25) is 0 Å². The molecule has 1 N–H and O–H groups in total. The van der Waals surface area contributed by atoms with Crippen molar-refractivity contribution in [1.82, 2.24) is 19.2 Å². The van der Waals surface area contributed by atoms with Crippen LogP contribution in [0.5, 0.6) is 0 Å². The highest BCUT2D eigenvalue weighted by Gasteiger charge is 2.34. The van der Waals surface area contributed by atoms with Crippen molar-refractivity contribution in [1.29, 1.82) is 0 Å². The number of anilines is 1. The second-order valence-electron chi connectivity index (χ2n) is 9.70. The first-order valence-corrected chi connectivity index (χ1v) is 13.1. The van der Waals surface area contributed by atoms with Gasteiger partial charge < -0.3 is 9.64 Å². The number of halogens is 2. The van der Waals surface area contributed by atoms with Crippen molar-refractivity contribution in [2.45, 2.75) is 56.3 Å². The third-order valence-corrected chi connectivity index (χ3v) is 8.26. The predicted molar refractivity (Wildman–Crippen MR) is 131 cm³/mol. The maximum Gasteiger partial charge on any atom is 0.151 e. The van der Waals surface area contributed by atoms with Crippen LogP contribution < -0.4 is 9.62 Å². The Morgan fingerprint density at radius 3 is 2.65 bits per heavy atom. The van der Waals surface area contributed by atoms with Crippen LogP contribution in [0.15, 0.2) is 42.6 Å². The van der Waals surface area contributed by atoms with Crippen molar-refractivity contribution >= 4 is 18.0 Å². The van der Waals surface area contributed by atoms with Crippen LogP contribution >= 0.6 is 12.1 Å². The molecule has 3 aliphatic rings. The first-order valence-electron chi connectivity index (χ1n) is 12.4. The van der Waals surface area contributed by atoms with Crippen LogP contribution in [0.1, 0.15) is 43.6 Å². The van der Waals surface area contributed by atoms with Gasteiger partial charge in [0.1, 0.15) is 12.0 Å². The smallest absolute Gasteiger partial charge is 0.151 e. The highest BCUT2D eigenvalue weighted by atomic mass is 32.2. The molecule has 2 aromatic rings. The average Bonchev–Trinajstić information content (AvgIpc) is 2.86. The first kappa shape index (κ1) is 23.9. The molecular weight excluding hydrogens is 456 g/mol. The zero-order valence-corrected chi connectivity index (χ0v) is 20.2. The number of rotatable bonds is 8. The van der Waals surface area contributed by atoms with Crippen LogP contribution in [0.4, 0.5) is 14.6 Å². The summed E-state index contributed by atoms with van der Waals surface area (Å²) in [7, 11) is 0. The molecule has 0 amide bonds. The number of benzene rings is 1. The molecule has 1 aromatic carbocycles. The van der Waals surface area contributed by atoms with E-state index in [1.165, 1.54) is 6.07 Å². The second kappa shape index (κ2) is 11.3. The largest absolute Gasteiger partial charge is 0.378 e. The molecule has 1 aromatic heterocycles. The Hall–Kier alpha value is -1.81. The normalized spacial score (nSPS) is 28.6. The number of alkyl halides is 1. The van der Waals surface area contributed by atoms with E-state index in [0.717, 1.165) is 56.6 Å². The molecule has 0 radical (unpaired) electrons. The zero-order valence-electron chi connectivity index (χ0n) is 19.4. The van der Waals surface area contributed by atoms with E-state index in [1.54, 1.807) is 30.5 Å². The minimum Gasteiger partial charge on any atom is -0.378 e. The molecule has 184 valence electrons.